The summed E-state index contributed by atoms with van der Waals surface area (Å²) < 4.78 is 38.8. The van der Waals surface area contributed by atoms with Crippen LogP contribution in [0.3, 0.4) is 0 Å². The smallest absolute Gasteiger partial charge is 0.283 e. The molecule has 1 aromatic carbocycles. The van der Waals surface area contributed by atoms with Gasteiger partial charge in [-0.3, -0.25) is 14.7 Å². The van der Waals surface area contributed by atoms with Crippen molar-refractivity contribution in [2.24, 2.45) is 0 Å². The monoisotopic (exact) mass is 331 g/mol. The maximum Gasteiger partial charge on any atom is 0.406 e. The molecule has 0 N–H and O–H groups in total. The Bertz CT molecular complexity index is 860. The Kier molecular flexibility index (Phi) is 4.16. The number of carbonyl (C=O) groups excluding carboxylic acids is 1. The zero-order valence-corrected chi connectivity index (χ0v) is 12.4. The summed E-state index contributed by atoms with van der Waals surface area (Å²) in [4.78, 5) is 21.4. The first-order chi connectivity index (χ1) is 11.5. The molecule has 0 aliphatic rings. The van der Waals surface area contributed by atoms with Gasteiger partial charge in [-0.2, -0.15) is 13.2 Å². The SMILES string of the molecule is O=C(c1ccnc2ccccc12)N(CC(F)(F)F)c1ccccn1. The topological polar surface area (TPSA) is 46.1 Å². The average molecular weight is 331 g/mol. The zero-order valence-electron chi connectivity index (χ0n) is 12.4. The van der Waals surface area contributed by atoms with Crippen LogP contribution in [0.25, 0.3) is 10.9 Å². The van der Waals surface area contributed by atoms with Crippen LogP contribution in [0, 0.1) is 0 Å². The Morgan fingerprint density at radius 2 is 1.71 bits per heavy atom. The molecule has 0 saturated heterocycles. The Morgan fingerprint density at radius 1 is 0.958 bits per heavy atom. The molecule has 0 saturated carbocycles. The quantitative estimate of drug-likeness (QED) is 0.732. The first kappa shape index (κ1) is 15.9. The van der Waals surface area contributed by atoms with E-state index in [-0.39, 0.29) is 11.4 Å². The van der Waals surface area contributed by atoms with Gasteiger partial charge in [-0.25, -0.2) is 4.98 Å². The molecule has 0 atom stereocenters. The van der Waals surface area contributed by atoms with Crippen molar-refractivity contribution in [1.29, 1.82) is 0 Å². The van der Waals surface area contributed by atoms with Gasteiger partial charge >= 0.3 is 6.18 Å². The van der Waals surface area contributed by atoms with Crippen molar-refractivity contribution in [1.82, 2.24) is 9.97 Å². The second-order valence-electron chi connectivity index (χ2n) is 5.07. The zero-order chi connectivity index (χ0) is 17.2. The van der Waals surface area contributed by atoms with Gasteiger partial charge in [0, 0.05) is 17.8 Å². The predicted octanol–water partition coefficient (Wildman–Crippen LogP) is 3.84. The van der Waals surface area contributed by atoms with Gasteiger partial charge in [0.1, 0.15) is 12.4 Å². The third-order valence-electron chi connectivity index (χ3n) is 3.39. The molecule has 0 radical (unpaired) electrons. The Labute approximate surface area is 135 Å². The first-order valence-electron chi connectivity index (χ1n) is 7.09. The molecule has 0 fully saturated rings. The Hall–Kier alpha value is -2.96. The third-order valence-corrected chi connectivity index (χ3v) is 3.39. The number of anilines is 1. The van der Waals surface area contributed by atoms with Crippen LogP contribution >= 0.6 is 0 Å². The minimum absolute atomic E-state index is 0.0549. The summed E-state index contributed by atoms with van der Waals surface area (Å²) in [6.45, 7) is -1.42. The molecule has 0 aliphatic heterocycles. The molecule has 24 heavy (non-hydrogen) atoms. The number of carbonyl (C=O) groups is 1. The summed E-state index contributed by atoms with van der Waals surface area (Å²) in [6, 6.07) is 12.7. The summed E-state index contributed by atoms with van der Waals surface area (Å²) in [5, 5.41) is 0.494. The molecule has 0 bridgehead atoms. The van der Waals surface area contributed by atoms with E-state index in [1.54, 1.807) is 30.3 Å². The van der Waals surface area contributed by atoms with E-state index in [9.17, 15) is 18.0 Å². The highest BCUT2D eigenvalue weighted by Crippen LogP contribution is 2.25. The van der Waals surface area contributed by atoms with Crippen molar-refractivity contribution in [2.45, 2.75) is 6.18 Å². The van der Waals surface area contributed by atoms with Gasteiger partial charge in [0.25, 0.3) is 5.91 Å². The lowest BCUT2D eigenvalue weighted by molar-refractivity contribution is -0.118. The number of aromatic nitrogens is 2. The van der Waals surface area contributed by atoms with Crippen molar-refractivity contribution in [3.05, 3.63) is 66.5 Å². The average Bonchev–Trinajstić information content (AvgIpc) is 2.58. The molecular weight excluding hydrogens is 319 g/mol. The van der Waals surface area contributed by atoms with Gasteiger partial charge in [-0.1, -0.05) is 24.3 Å². The van der Waals surface area contributed by atoms with E-state index in [1.807, 2.05) is 0 Å². The molecular formula is C17H12F3N3O. The molecule has 2 aromatic heterocycles. The highest BCUT2D eigenvalue weighted by molar-refractivity contribution is 6.13. The molecule has 122 valence electrons. The molecule has 2 heterocycles. The van der Waals surface area contributed by atoms with Crippen LogP contribution in [0.4, 0.5) is 19.0 Å². The van der Waals surface area contributed by atoms with Crippen molar-refractivity contribution in [3.8, 4) is 0 Å². The molecule has 3 rings (SSSR count). The largest absolute Gasteiger partial charge is 0.406 e. The van der Waals surface area contributed by atoms with Crippen molar-refractivity contribution < 1.29 is 18.0 Å². The maximum atomic E-state index is 12.9. The van der Waals surface area contributed by atoms with Crippen molar-refractivity contribution >= 4 is 22.6 Å². The van der Waals surface area contributed by atoms with E-state index in [2.05, 4.69) is 9.97 Å². The maximum absolute atomic E-state index is 12.9. The van der Waals surface area contributed by atoms with Gasteiger partial charge < -0.3 is 0 Å². The molecule has 0 aliphatic carbocycles. The van der Waals surface area contributed by atoms with Crippen LogP contribution in [0.1, 0.15) is 10.4 Å². The van der Waals surface area contributed by atoms with E-state index in [1.165, 1.54) is 30.6 Å². The molecule has 4 nitrogen and oxygen atoms in total. The minimum atomic E-state index is -4.55. The number of pyridine rings is 2. The van der Waals surface area contributed by atoms with Crippen LogP contribution < -0.4 is 4.90 Å². The normalized spacial score (nSPS) is 11.5. The Balaban J connectivity index is 2.08. The van der Waals surface area contributed by atoms with Crippen LogP contribution in [-0.2, 0) is 0 Å². The van der Waals surface area contributed by atoms with Gasteiger partial charge in [-0.05, 0) is 24.3 Å². The van der Waals surface area contributed by atoms with E-state index in [0.29, 0.717) is 15.8 Å². The second-order valence-corrected chi connectivity index (χ2v) is 5.07. The lowest BCUT2D eigenvalue weighted by Gasteiger charge is -2.23. The number of rotatable bonds is 3. The number of fused-ring (bicyclic) bond motifs is 1. The lowest BCUT2D eigenvalue weighted by Crippen LogP contribution is -2.39. The lowest BCUT2D eigenvalue weighted by atomic mass is 10.1. The summed E-state index contributed by atoms with van der Waals surface area (Å²) in [6.07, 6.45) is -1.80. The standard InChI is InChI=1S/C17H12F3N3O/c18-17(19,20)11-23(15-7-3-4-9-22-15)16(24)13-8-10-21-14-6-2-1-5-12(13)14/h1-10H,11H2. The number of para-hydroxylation sites is 1. The van der Waals surface area contributed by atoms with E-state index in [0.717, 1.165) is 0 Å². The van der Waals surface area contributed by atoms with Crippen LogP contribution in [0.2, 0.25) is 0 Å². The number of hydrogen-bond acceptors (Lipinski definition) is 3. The van der Waals surface area contributed by atoms with Gasteiger partial charge in [0.2, 0.25) is 0 Å². The van der Waals surface area contributed by atoms with Gasteiger partial charge in [-0.15, -0.1) is 0 Å². The minimum Gasteiger partial charge on any atom is -0.283 e. The van der Waals surface area contributed by atoms with Crippen molar-refractivity contribution in [2.75, 3.05) is 11.4 Å². The molecule has 0 spiro atoms. The fourth-order valence-electron chi connectivity index (χ4n) is 2.38. The van der Waals surface area contributed by atoms with E-state index in [4.69, 9.17) is 0 Å². The number of alkyl halides is 3. The van der Waals surface area contributed by atoms with Gasteiger partial charge in [0.05, 0.1) is 11.1 Å². The van der Waals surface area contributed by atoms with Crippen molar-refractivity contribution in [3.63, 3.8) is 0 Å². The number of nitrogens with zero attached hydrogens (tertiary/aromatic N) is 3. The predicted molar refractivity (Wildman–Crippen MR) is 83.7 cm³/mol. The molecule has 7 heteroatoms. The van der Waals surface area contributed by atoms with E-state index < -0.39 is 18.6 Å². The van der Waals surface area contributed by atoms with Gasteiger partial charge in [0.15, 0.2) is 0 Å². The number of amides is 1. The highest BCUT2D eigenvalue weighted by atomic mass is 19.4. The van der Waals surface area contributed by atoms with E-state index >= 15 is 0 Å². The summed E-state index contributed by atoms with van der Waals surface area (Å²) in [5.41, 5.74) is 0.687. The summed E-state index contributed by atoms with van der Waals surface area (Å²) in [7, 11) is 0. The van der Waals surface area contributed by atoms with Crippen LogP contribution in [-0.4, -0.2) is 28.6 Å². The molecule has 0 unspecified atom stereocenters. The molecule has 1 amide bonds. The second kappa shape index (κ2) is 6.27. The highest BCUT2D eigenvalue weighted by Gasteiger charge is 2.35. The number of halogens is 3. The summed E-state index contributed by atoms with van der Waals surface area (Å²) >= 11 is 0. The number of hydrogen-bond donors (Lipinski definition) is 0. The van der Waals surface area contributed by atoms with Crippen LogP contribution in [0.15, 0.2) is 60.9 Å². The van der Waals surface area contributed by atoms with Crippen LogP contribution in [0.5, 0.6) is 0 Å². The number of benzene rings is 1. The molecule has 3 aromatic rings. The first-order valence-corrected chi connectivity index (χ1v) is 7.09. The Morgan fingerprint density at radius 3 is 2.42 bits per heavy atom. The fraction of sp³-hybridized carbons (Fsp3) is 0.118. The fourth-order valence-corrected chi connectivity index (χ4v) is 2.38. The third kappa shape index (κ3) is 3.34. The summed E-state index contributed by atoms with van der Waals surface area (Å²) in [5.74, 6) is -0.828.